The number of hydrogen-bond donors (Lipinski definition) is 1. The summed E-state index contributed by atoms with van der Waals surface area (Å²) in [6, 6.07) is 2.13. The first kappa shape index (κ1) is 13.4. The molecule has 1 aromatic rings. The second kappa shape index (κ2) is 5.08. The van der Waals surface area contributed by atoms with Crippen LogP contribution in [0.5, 0.6) is 0 Å². The molecule has 0 spiro atoms. The van der Waals surface area contributed by atoms with Crippen molar-refractivity contribution in [3.63, 3.8) is 0 Å². The fraction of sp³-hybridized carbons (Fsp3) is 0.625. The SMILES string of the molecule is CC(C)N(CC1CC1)c1nc2c(cc1C(=O)O)CCC2. The van der Waals surface area contributed by atoms with Gasteiger partial charge in [0.2, 0.25) is 0 Å². The Balaban J connectivity index is 2.02. The molecule has 1 fully saturated rings. The van der Waals surface area contributed by atoms with E-state index in [0.717, 1.165) is 37.1 Å². The maximum Gasteiger partial charge on any atom is 0.339 e. The van der Waals surface area contributed by atoms with Crippen molar-refractivity contribution >= 4 is 11.8 Å². The summed E-state index contributed by atoms with van der Waals surface area (Å²) in [6.45, 7) is 5.16. The molecule has 2 aliphatic rings. The minimum Gasteiger partial charge on any atom is -0.478 e. The smallest absolute Gasteiger partial charge is 0.339 e. The van der Waals surface area contributed by atoms with E-state index in [1.54, 1.807) is 0 Å². The number of carboxylic acid groups (broad SMARTS) is 1. The summed E-state index contributed by atoms with van der Waals surface area (Å²) in [5.41, 5.74) is 2.60. The highest BCUT2D eigenvalue weighted by Crippen LogP contribution is 2.34. The molecule has 0 aliphatic heterocycles. The Kier molecular flexibility index (Phi) is 3.40. The van der Waals surface area contributed by atoms with Crippen molar-refractivity contribution in [2.24, 2.45) is 5.92 Å². The fourth-order valence-electron chi connectivity index (χ4n) is 2.96. The van der Waals surface area contributed by atoms with E-state index in [0.29, 0.717) is 17.3 Å². The van der Waals surface area contributed by atoms with Crippen LogP contribution in [0.25, 0.3) is 0 Å². The number of aromatic carboxylic acids is 1. The minimum absolute atomic E-state index is 0.278. The highest BCUT2D eigenvalue weighted by atomic mass is 16.4. The van der Waals surface area contributed by atoms with E-state index in [1.165, 1.54) is 12.8 Å². The van der Waals surface area contributed by atoms with Crippen LogP contribution < -0.4 is 4.90 Å². The van der Waals surface area contributed by atoms with Gasteiger partial charge in [-0.15, -0.1) is 0 Å². The van der Waals surface area contributed by atoms with Gasteiger partial charge in [-0.05, 0) is 63.5 Å². The standard InChI is InChI=1S/C16H22N2O2/c1-10(2)18(9-11-6-7-11)15-13(16(19)20)8-12-4-3-5-14(12)17-15/h8,10-11H,3-7,9H2,1-2H3,(H,19,20). The molecule has 20 heavy (non-hydrogen) atoms. The lowest BCUT2D eigenvalue weighted by Crippen LogP contribution is -2.35. The molecule has 1 heterocycles. The summed E-state index contributed by atoms with van der Waals surface area (Å²) in [6.07, 6.45) is 5.56. The number of rotatable bonds is 5. The lowest BCUT2D eigenvalue weighted by Gasteiger charge is -2.29. The number of aryl methyl sites for hydroxylation is 2. The van der Waals surface area contributed by atoms with Crippen LogP contribution in [0.4, 0.5) is 5.82 Å². The molecule has 0 atom stereocenters. The number of hydrogen-bond acceptors (Lipinski definition) is 3. The van der Waals surface area contributed by atoms with Gasteiger partial charge in [-0.2, -0.15) is 0 Å². The molecular weight excluding hydrogens is 252 g/mol. The Morgan fingerprint density at radius 3 is 2.80 bits per heavy atom. The van der Waals surface area contributed by atoms with Crippen molar-refractivity contribution in [3.05, 3.63) is 22.9 Å². The summed E-state index contributed by atoms with van der Waals surface area (Å²) in [7, 11) is 0. The van der Waals surface area contributed by atoms with Gasteiger partial charge in [-0.3, -0.25) is 0 Å². The molecule has 2 aliphatic carbocycles. The van der Waals surface area contributed by atoms with Gasteiger partial charge < -0.3 is 10.0 Å². The maximum atomic E-state index is 11.6. The van der Waals surface area contributed by atoms with Gasteiger partial charge in [0.1, 0.15) is 11.4 Å². The molecule has 0 bridgehead atoms. The predicted octanol–water partition coefficient (Wildman–Crippen LogP) is 2.89. The number of fused-ring (bicyclic) bond motifs is 1. The fourth-order valence-corrected chi connectivity index (χ4v) is 2.96. The van der Waals surface area contributed by atoms with Crippen molar-refractivity contribution in [2.75, 3.05) is 11.4 Å². The Hall–Kier alpha value is -1.58. The predicted molar refractivity (Wildman–Crippen MR) is 78.4 cm³/mol. The number of carboxylic acids is 1. The van der Waals surface area contributed by atoms with Crippen LogP contribution in [0.15, 0.2) is 6.07 Å². The van der Waals surface area contributed by atoms with Crippen LogP contribution in [-0.2, 0) is 12.8 Å². The topological polar surface area (TPSA) is 53.4 Å². The molecule has 0 amide bonds. The molecule has 3 rings (SSSR count). The summed E-state index contributed by atoms with van der Waals surface area (Å²) >= 11 is 0. The molecule has 1 N–H and O–H groups in total. The molecule has 0 aromatic carbocycles. The Labute approximate surface area is 119 Å². The number of carbonyl (C=O) groups is 1. The molecule has 1 aromatic heterocycles. The second-order valence-corrected chi connectivity index (χ2v) is 6.31. The molecule has 0 unspecified atom stereocenters. The normalized spacial score (nSPS) is 17.4. The molecule has 4 nitrogen and oxygen atoms in total. The highest BCUT2D eigenvalue weighted by molar-refractivity contribution is 5.93. The number of pyridine rings is 1. The third-order valence-electron chi connectivity index (χ3n) is 4.31. The summed E-state index contributed by atoms with van der Waals surface area (Å²) in [5.74, 6) is 0.540. The number of aromatic nitrogens is 1. The quantitative estimate of drug-likeness (QED) is 0.897. The van der Waals surface area contributed by atoms with E-state index in [1.807, 2.05) is 6.07 Å². The largest absolute Gasteiger partial charge is 0.478 e. The maximum absolute atomic E-state index is 11.6. The Morgan fingerprint density at radius 2 is 2.20 bits per heavy atom. The van der Waals surface area contributed by atoms with Gasteiger partial charge in [0.05, 0.1) is 0 Å². The van der Waals surface area contributed by atoms with Gasteiger partial charge in [-0.25, -0.2) is 9.78 Å². The lowest BCUT2D eigenvalue weighted by molar-refractivity contribution is 0.0697. The minimum atomic E-state index is -0.858. The summed E-state index contributed by atoms with van der Waals surface area (Å²) < 4.78 is 0. The van der Waals surface area contributed by atoms with E-state index in [2.05, 4.69) is 18.7 Å². The van der Waals surface area contributed by atoms with Crippen LogP contribution in [0.1, 0.15) is 54.7 Å². The molecular formula is C16H22N2O2. The zero-order chi connectivity index (χ0) is 14.3. The highest BCUT2D eigenvalue weighted by Gasteiger charge is 2.30. The van der Waals surface area contributed by atoms with Crippen LogP contribution in [0.3, 0.4) is 0 Å². The van der Waals surface area contributed by atoms with E-state index in [-0.39, 0.29) is 6.04 Å². The summed E-state index contributed by atoms with van der Waals surface area (Å²) in [4.78, 5) is 18.5. The van der Waals surface area contributed by atoms with E-state index >= 15 is 0 Å². The van der Waals surface area contributed by atoms with Gasteiger partial charge >= 0.3 is 5.97 Å². The second-order valence-electron chi connectivity index (χ2n) is 6.31. The zero-order valence-electron chi connectivity index (χ0n) is 12.2. The Bertz CT molecular complexity index is 536. The van der Waals surface area contributed by atoms with E-state index in [4.69, 9.17) is 4.98 Å². The van der Waals surface area contributed by atoms with Gasteiger partial charge in [0.25, 0.3) is 0 Å². The zero-order valence-corrected chi connectivity index (χ0v) is 12.2. The van der Waals surface area contributed by atoms with Crippen molar-refractivity contribution in [3.8, 4) is 0 Å². The molecule has 108 valence electrons. The van der Waals surface area contributed by atoms with Crippen molar-refractivity contribution in [2.45, 2.75) is 52.0 Å². The van der Waals surface area contributed by atoms with Gasteiger partial charge in [-0.1, -0.05) is 0 Å². The molecule has 0 radical (unpaired) electrons. The third-order valence-corrected chi connectivity index (χ3v) is 4.31. The molecule has 4 heteroatoms. The third kappa shape index (κ3) is 2.51. The average molecular weight is 274 g/mol. The lowest BCUT2D eigenvalue weighted by atomic mass is 10.1. The van der Waals surface area contributed by atoms with Gasteiger partial charge in [0, 0.05) is 18.3 Å². The van der Waals surface area contributed by atoms with Gasteiger partial charge in [0.15, 0.2) is 0 Å². The Morgan fingerprint density at radius 1 is 1.45 bits per heavy atom. The average Bonchev–Trinajstić information content (AvgIpc) is 3.10. The van der Waals surface area contributed by atoms with Crippen LogP contribution >= 0.6 is 0 Å². The van der Waals surface area contributed by atoms with Crippen molar-refractivity contribution in [1.29, 1.82) is 0 Å². The molecule has 0 saturated heterocycles. The van der Waals surface area contributed by atoms with Crippen LogP contribution in [0, 0.1) is 5.92 Å². The number of nitrogens with zero attached hydrogens (tertiary/aromatic N) is 2. The van der Waals surface area contributed by atoms with E-state index in [9.17, 15) is 9.90 Å². The first-order valence-electron chi connectivity index (χ1n) is 7.59. The first-order valence-corrected chi connectivity index (χ1v) is 7.59. The monoisotopic (exact) mass is 274 g/mol. The first-order chi connectivity index (χ1) is 9.56. The molecule has 1 saturated carbocycles. The van der Waals surface area contributed by atoms with Crippen LogP contribution in [-0.4, -0.2) is 28.6 Å². The van der Waals surface area contributed by atoms with Crippen LogP contribution in [0.2, 0.25) is 0 Å². The number of anilines is 1. The summed E-state index contributed by atoms with van der Waals surface area (Å²) in [5, 5.41) is 9.51. The van der Waals surface area contributed by atoms with Crippen molar-refractivity contribution < 1.29 is 9.90 Å². The van der Waals surface area contributed by atoms with Crippen molar-refractivity contribution in [1.82, 2.24) is 4.98 Å². The van der Waals surface area contributed by atoms with E-state index < -0.39 is 5.97 Å².